The van der Waals surface area contributed by atoms with Crippen molar-refractivity contribution in [3.63, 3.8) is 0 Å². The van der Waals surface area contributed by atoms with Crippen molar-refractivity contribution in [3.8, 4) is 11.5 Å². The molecule has 3 N–H and O–H groups in total. The fraction of sp³-hybridized carbons (Fsp3) is 0.396. The number of ether oxygens (including phenoxy) is 3. The summed E-state index contributed by atoms with van der Waals surface area (Å²) in [5, 5.41) is 7.76. The van der Waals surface area contributed by atoms with E-state index in [2.05, 4.69) is 63.6 Å². The van der Waals surface area contributed by atoms with Gasteiger partial charge in [-0.15, -0.1) is 0 Å². The number of alkyl halides is 1. The van der Waals surface area contributed by atoms with Crippen LogP contribution in [0.1, 0.15) is 102 Å². The van der Waals surface area contributed by atoms with Crippen LogP contribution >= 0.6 is 11.6 Å². The van der Waals surface area contributed by atoms with E-state index < -0.39 is 46.2 Å². The molecule has 61 heavy (non-hydrogen) atoms. The van der Waals surface area contributed by atoms with Gasteiger partial charge in [-0.05, 0) is 84.5 Å². The number of methoxy groups -OCH3 is 1. The number of amides is 5. The molecule has 13 heteroatoms. The Labute approximate surface area is 363 Å². The van der Waals surface area contributed by atoms with Gasteiger partial charge in [0.2, 0.25) is 4.87 Å². The fourth-order valence-electron chi connectivity index (χ4n) is 7.22. The number of nitrogens with one attached hydrogen (secondary N) is 3. The van der Waals surface area contributed by atoms with Crippen molar-refractivity contribution in [3.05, 3.63) is 119 Å². The molecule has 0 spiro atoms. The predicted molar refractivity (Wildman–Crippen MR) is 237 cm³/mol. The lowest BCUT2D eigenvalue weighted by molar-refractivity contribution is -0.171. The van der Waals surface area contributed by atoms with E-state index in [0.29, 0.717) is 17.7 Å². The van der Waals surface area contributed by atoms with Crippen LogP contribution in [-0.4, -0.2) is 64.9 Å². The summed E-state index contributed by atoms with van der Waals surface area (Å²) in [7, 11) is 1.40. The fourth-order valence-corrected chi connectivity index (χ4v) is 7.62. The Morgan fingerprint density at radius 3 is 2.02 bits per heavy atom. The van der Waals surface area contributed by atoms with Crippen LogP contribution in [0.15, 0.2) is 97.1 Å². The predicted octanol–water partition coefficient (Wildman–Crippen LogP) is 9.15. The van der Waals surface area contributed by atoms with Gasteiger partial charge in [0.05, 0.1) is 19.3 Å². The van der Waals surface area contributed by atoms with Gasteiger partial charge < -0.3 is 24.8 Å². The zero-order valence-corrected chi connectivity index (χ0v) is 37.2. The lowest BCUT2D eigenvalue weighted by Gasteiger charge is -2.44. The second-order valence-corrected chi connectivity index (χ2v) is 16.9. The summed E-state index contributed by atoms with van der Waals surface area (Å²) in [6.45, 7) is 15.8. The SMILES string of the molecule is CCOC1(C(Cl)(C(=O)Nc2ccccc2)C(=O)c2ccc(OC)c(NC(=O)C(CC)Oc3ccc(C(C)(C)CC)cc3C(C)(C)CC)c2)C(=O)NC(=O)N1Cc1ccccc1. The van der Waals surface area contributed by atoms with E-state index in [1.54, 1.807) is 67.6 Å². The van der Waals surface area contributed by atoms with Gasteiger partial charge in [0.15, 0.2) is 11.9 Å². The number of halogens is 1. The molecule has 324 valence electrons. The van der Waals surface area contributed by atoms with Gasteiger partial charge in [0.1, 0.15) is 11.5 Å². The molecule has 4 aromatic carbocycles. The van der Waals surface area contributed by atoms with Gasteiger partial charge in [-0.3, -0.25) is 29.4 Å². The lowest BCUT2D eigenvalue weighted by atomic mass is 9.76. The Morgan fingerprint density at radius 1 is 0.803 bits per heavy atom. The minimum absolute atomic E-state index is 0.0654. The molecule has 1 aliphatic rings. The first kappa shape index (κ1) is 46.3. The molecule has 0 radical (unpaired) electrons. The van der Waals surface area contributed by atoms with E-state index >= 15 is 4.79 Å². The highest BCUT2D eigenvalue weighted by atomic mass is 35.5. The highest BCUT2D eigenvalue weighted by molar-refractivity contribution is 6.53. The van der Waals surface area contributed by atoms with Crippen molar-refractivity contribution in [1.29, 1.82) is 0 Å². The smallest absolute Gasteiger partial charge is 0.327 e. The summed E-state index contributed by atoms with van der Waals surface area (Å²) in [6, 6.07) is 26.2. The Morgan fingerprint density at radius 2 is 1.43 bits per heavy atom. The first-order valence-corrected chi connectivity index (χ1v) is 21.0. The summed E-state index contributed by atoms with van der Waals surface area (Å²) < 4.78 is 18.2. The second-order valence-electron chi connectivity index (χ2n) is 16.3. The minimum Gasteiger partial charge on any atom is -0.495 e. The number of hydrogen-bond donors (Lipinski definition) is 3. The van der Waals surface area contributed by atoms with Crippen LogP contribution in [0, 0.1) is 0 Å². The number of carbonyl (C=O) groups is 5. The molecular formula is C48H57ClN4O8. The molecule has 0 bridgehead atoms. The van der Waals surface area contributed by atoms with Crippen LogP contribution in [0.2, 0.25) is 0 Å². The normalized spacial score (nSPS) is 16.9. The van der Waals surface area contributed by atoms with Crippen LogP contribution in [0.3, 0.4) is 0 Å². The van der Waals surface area contributed by atoms with Crippen molar-refractivity contribution in [2.45, 2.75) is 109 Å². The maximum absolute atomic E-state index is 15.2. The van der Waals surface area contributed by atoms with Crippen molar-refractivity contribution in [2.24, 2.45) is 0 Å². The van der Waals surface area contributed by atoms with E-state index in [1.807, 2.05) is 19.1 Å². The third-order valence-corrected chi connectivity index (χ3v) is 12.3. The second kappa shape index (κ2) is 18.9. The Bertz CT molecular complexity index is 2250. The number of carbonyl (C=O) groups excluding carboxylic acids is 5. The average molecular weight is 853 g/mol. The molecule has 1 saturated heterocycles. The summed E-state index contributed by atoms with van der Waals surface area (Å²) in [5.74, 6) is -3.09. The van der Waals surface area contributed by atoms with E-state index in [9.17, 15) is 19.2 Å². The third kappa shape index (κ3) is 9.16. The van der Waals surface area contributed by atoms with E-state index in [4.69, 9.17) is 25.8 Å². The molecule has 12 nitrogen and oxygen atoms in total. The van der Waals surface area contributed by atoms with E-state index in [0.717, 1.165) is 23.3 Å². The molecule has 4 aromatic rings. The molecule has 0 aromatic heterocycles. The zero-order valence-electron chi connectivity index (χ0n) is 36.4. The highest BCUT2D eigenvalue weighted by Gasteiger charge is 2.73. The highest BCUT2D eigenvalue weighted by Crippen LogP contribution is 2.45. The number of ketones is 1. The Kier molecular flexibility index (Phi) is 14.4. The largest absolute Gasteiger partial charge is 0.495 e. The minimum atomic E-state index is -2.95. The number of benzene rings is 4. The molecule has 5 rings (SSSR count). The molecular weight excluding hydrogens is 796 g/mol. The van der Waals surface area contributed by atoms with Crippen molar-refractivity contribution >= 4 is 52.5 Å². The maximum Gasteiger partial charge on any atom is 0.327 e. The number of imide groups is 1. The summed E-state index contributed by atoms with van der Waals surface area (Å²) in [5.41, 5.74) is -0.174. The van der Waals surface area contributed by atoms with Gasteiger partial charge in [0.25, 0.3) is 23.4 Å². The van der Waals surface area contributed by atoms with Crippen molar-refractivity contribution in [1.82, 2.24) is 10.2 Å². The van der Waals surface area contributed by atoms with Gasteiger partial charge >= 0.3 is 6.03 Å². The van der Waals surface area contributed by atoms with Crippen LogP contribution in [0.25, 0.3) is 0 Å². The number of para-hydroxylation sites is 1. The zero-order chi connectivity index (χ0) is 44.8. The molecule has 1 aliphatic heterocycles. The molecule has 1 fully saturated rings. The maximum atomic E-state index is 15.2. The summed E-state index contributed by atoms with van der Waals surface area (Å²) >= 11 is 7.41. The van der Waals surface area contributed by atoms with Gasteiger partial charge in [0, 0.05) is 23.4 Å². The number of anilines is 2. The molecule has 3 unspecified atom stereocenters. The van der Waals surface area contributed by atoms with Crippen molar-refractivity contribution in [2.75, 3.05) is 24.4 Å². The number of urea groups is 1. The van der Waals surface area contributed by atoms with Crippen LogP contribution in [0.4, 0.5) is 16.2 Å². The van der Waals surface area contributed by atoms with Crippen LogP contribution in [-0.2, 0) is 36.5 Å². The topological polar surface area (TPSA) is 152 Å². The Hall–Kier alpha value is -5.72. The van der Waals surface area contributed by atoms with Gasteiger partial charge in [-0.25, -0.2) is 4.79 Å². The molecule has 0 aliphatic carbocycles. The molecule has 0 saturated carbocycles. The van der Waals surface area contributed by atoms with Gasteiger partial charge in [-0.1, -0.05) is 121 Å². The number of rotatable bonds is 19. The third-order valence-electron chi connectivity index (χ3n) is 11.7. The van der Waals surface area contributed by atoms with E-state index in [-0.39, 0.29) is 46.7 Å². The lowest BCUT2D eigenvalue weighted by Crippen LogP contribution is -2.72. The summed E-state index contributed by atoms with van der Waals surface area (Å²) in [4.78, 5) is 69.9. The average Bonchev–Trinajstić information content (AvgIpc) is 3.50. The quantitative estimate of drug-likeness (QED) is 0.0366. The summed E-state index contributed by atoms with van der Waals surface area (Å²) in [6.07, 6.45) is 1.10. The molecule has 3 atom stereocenters. The monoisotopic (exact) mass is 852 g/mol. The van der Waals surface area contributed by atoms with E-state index in [1.165, 1.54) is 30.9 Å². The number of nitrogens with zero attached hydrogens (tertiary/aromatic N) is 1. The molecule has 5 amide bonds. The first-order chi connectivity index (χ1) is 28.9. The Balaban J connectivity index is 1.58. The first-order valence-electron chi connectivity index (χ1n) is 20.7. The van der Waals surface area contributed by atoms with Gasteiger partial charge in [-0.2, -0.15) is 0 Å². The molecule has 1 heterocycles. The number of hydrogen-bond acceptors (Lipinski definition) is 8. The van der Waals surface area contributed by atoms with Crippen LogP contribution in [0.5, 0.6) is 11.5 Å². The van der Waals surface area contributed by atoms with Crippen LogP contribution < -0.4 is 25.4 Å². The number of Topliss-reactive ketones (excluding diaryl/α,β-unsaturated/α-hetero) is 1. The van der Waals surface area contributed by atoms with Crippen molar-refractivity contribution < 1.29 is 38.2 Å². The standard InChI is InChI=1S/C48H57ClN4O8/c1-10-37(61-38-27-25-33(45(5,6)11-2)29-35(38)46(7,8)12-3)41(55)51-36-28-32(24-26-39(36)59-9)40(54)47(49,42(56)50-34-22-18-15-19-23-34)48(60-13-4)43(57)52-44(58)53(48)30-31-20-16-14-17-21-31/h14-29,37H,10-13,30H2,1-9H3,(H,50,56)(H,51,55)(H,52,57,58).